The SMILES string of the molecule is CC(C)(C)c1ccc(N2B3c4oc5cc6c(cc5c4N(c4ccc(C(C)(C)C)cc4-c4ccccc4)c4cc5c(oc7ccccc75)c(c43)-c3cc4c(cc32)sc2ccc(N(c3ccc(C(C)(C)C)cc3)c3ccc(C(C)(C)C)cc3)cc24)C(C)(C)CCC6(C)C)cc1. The molecule has 0 bridgehead atoms. The summed E-state index contributed by atoms with van der Waals surface area (Å²) in [5.41, 5.74) is 26.0. The Labute approximate surface area is 553 Å². The third kappa shape index (κ3) is 9.44. The van der Waals surface area contributed by atoms with Gasteiger partial charge in [0.15, 0.2) is 0 Å². The first-order valence-corrected chi connectivity index (χ1v) is 34.4. The molecule has 3 aromatic heterocycles. The molecule has 0 saturated heterocycles. The fourth-order valence-corrected chi connectivity index (χ4v) is 16.6. The molecule has 16 rings (SSSR count). The van der Waals surface area contributed by atoms with Crippen LogP contribution in [0.25, 0.3) is 75.3 Å². The van der Waals surface area contributed by atoms with Crippen molar-refractivity contribution in [3.63, 3.8) is 0 Å². The Hall–Kier alpha value is -8.78. The van der Waals surface area contributed by atoms with Gasteiger partial charge in [0.25, 0.3) is 0 Å². The van der Waals surface area contributed by atoms with Crippen LogP contribution in [0.15, 0.2) is 203 Å². The van der Waals surface area contributed by atoms with E-state index in [0.29, 0.717) is 0 Å². The second-order valence-electron chi connectivity index (χ2n) is 32.5. The molecule has 0 saturated carbocycles. The van der Waals surface area contributed by atoms with E-state index < -0.39 is 6.85 Å². The monoisotopic (exact) mass is 1230 g/mol. The van der Waals surface area contributed by atoms with E-state index in [9.17, 15) is 0 Å². The van der Waals surface area contributed by atoms with Crippen molar-refractivity contribution in [2.45, 2.75) is 156 Å². The van der Waals surface area contributed by atoms with Crippen molar-refractivity contribution in [2.24, 2.45) is 0 Å². The highest BCUT2D eigenvalue weighted by Gasteiger charge is 2.51. The summed E-state index contributed by atoms with van der Waals surface area (Å²) in [4.78, 5) is 7.69. The molecule has 1 aliphatic carbocycles. The molecule has 0 radical (unpaired) electrons. The van der Waals surface area contributed by atoms with Gasteiger partial charge in [0, 0.05) is 87.1 Å². The maximum atomic E-state index is 7.93. The average Bonchev–Trinajstić information content (AvgIpc) is 1.63. The highest BCUT2D eigenvalue weighted by Crippen LogP contribution is 2.57. The van der Waals surface area contributed by atoms with Gasteiger partial charge in [-0.2, -0.15) is 0 Å². The van der Waals surface area contributed by atoms with Crippen molar-refractivity contribution < 1.29 is 8.83 Å². The van der Waals surface area contributed by atoms with E-state index in [1.54, 1.807) is 0 Å². The van der Waals surface area contributed by atoms with E-state index >= 15 is 0 Å². The third-order valence-corrected chi connectivity index (χ3v) is 22.3. The van der Waals surface area contributed by atoms with Crippen molar-refractivity contribution in [3.8, 4) is 22.3 Å². The molecule has 0 spiro atoms. The molecule has 13 aromatic rings. The van der Waals surface area contributed by atoms with E-state index in [4.69, 9.17) is 8.83 Å². The minimum Gasteiger partial charge on any atom is -0.466 e. The quantitative estimate of drug-likeness (QED) is 0.155. The number of hydrogen-bond donors (Lipinski definition) is 0. The van der Waals surface area contributed by atoms with E-state index in [1.165, 1.54) is 64.7 Å². The highest BCUT2D eigenvalue weighted by atomic mass is 32.1. The van der Waals surface area contributed by atoms with Crippen LogP contribution in [0.4, 0.5) is 45.5 Å². The van der Waals surface area contributed by atoms with Crippen LogP contribution in [0.5, 0.6) is 0 Å². The lowest BCUT2D eigenvalue weighted by Gasteiger charge is -2.44. The summed E-state index contributed by atoms with van der Waals surface area (Å²) >= 11 is 1.88. The summed E-state index contributed by atoms with van der Waals surface area (Å²) in [6.07, 6.45) is 2.21. The van der Waals surface area contributed by atoms with Crippen LogP contribution < -0.4 is 25.7 Å². The van der Waals surface area contributed by atoms with Gasteiger partial charge in [0.05, 0.1) is 11.4 Å². The Morgan fingerprint density at radius 1 is 0.430 bits per heavy atom. The number of hydrogen-bond acceptors (Lipinski definition) is 6. The lowest BCUT2D eigenvalue weighted by Crippen LogP contribution is -2.61. The molecule has 2 aliphatic heterocycles. The van der Waals surface area contributed by atoms with Crippen molar-refractivity contribution in [1.29, 1.82) is 0 Å². The molecule has 464 valence electrons. The molecule has 0 amide bonds. The van der Waals surface area contributed by atoms with Crippen LogP contribution in [0.3, 0.4) is 0 Å². The smallest absolute Gasteiger partial charge is 0.376 e. The normalized spacial score (nSPS) is 15.3. The number of fused-ring (bicyclic) bond motifs is 14. The molecule has 0 N–H and O–H groups in total. The number of thiophene rings is 1. The summed E-state index contributed by atoms with van der Waals surface area (Å²) in [5.74, 6) is 0. The molecule has 7 heteroatoms. The lowest BCUT2D eigenvalue weighted by molar-refractivity contribution is 0.332. The first-order chi connectivity index (χ1) is 44.1. The van der Waals surface area contributed by atoms with Crippen LogP contribution in [-0.2, 0) is 32.5 Å². The van der Waals surface area contributed by atoms with Gasteiger partial charge in [-0.1, -0.05) is 202 Å². The molecule has 93 heavy (non-hydrogen) atoms. The molecule has 5 heterocycles. The van der Waals surface area contributed by atoms with Crippen LogP contribution in [0.1, 0.15) is 157 Å². The Morgan fingerprint density at radius 2 is 0.989 bits per heavy atom. The number of furan rings is 2. The first-order valence-electron chi connectivity index (χ1n) is 33.6. The number of benzene rings is 10. The first kappa shape index (κ1) is 59.3. The Morgan fingerprint density at radius 3 is 1.61 bits per heavy atom. The highest BCUT2D eigenvalue weighted by molar-refractivity contribution is 7.26. The molecule has 0 atom stereocenters. The minimum absolute atomic E-state index is 0.0205. The predicted octanol–water partition coefficient (Wildman–Crippen LogP) is 24.1. The van der Waals surface area contributed by atoms with Gasteiger partial charge < -0.3 is 23.4 Å². The summed E-state index contributed by atoms with van der Waals surface area (Å²) in [5, 5.41) is 5.74. The molecule has 3 aliphatic rings. The number of anilines is 8. The number of rotatable bonds is 6. The topological polar surface area (TPSA) is 36.0 Å². The second kappa shape index (κ2) is 20.4. The van der Waals surface area contributed by atoms with Gasteiger partial charge in [-0.3, -0.25) is 0 Å². The zero-order valence-electron chi connectivity index (χ0n) is 57.0. The Kier molecular flexibility index (Phi) is 13.0. The lowest BCUT2D eigenvalue weighted by atomic mass is 9.45. The Bertz CT molecular complexity index is 5130. The fraction of sp³-hybridized carbons (Fsp3) is 0.279. The van der Waals surface area contributed by atoms with E-state index in [1.807, 2.05) is 11.3 Å². The van der Waals surface area contributed by atoms with Crippen LogP contribution in [0.2, 0.25) is 0 Å². The standard InChI is InChI=1S/C86H84BN3O2S/c1-81(2,3)52-26-33-56(34-27-52)88(57-35-28-53(29-36-57)82(4,5)6)59-39-41-74-62(45-59)63-46-65-70(50-75(63)93-74)90(58-37-30-54(31-38-58)83(7,8)9)87-77-71(48-64-60-24-20-21-25-72(60)91-79(64)76(65)77)89(69-40-32-55(84(10,11)12)44-61(69)51-22-18-17-19-23-51)78-66-47-67-68(49-73(66)92-80(78)87)86(15,16)43-42-85(67,13)14/h17-41,44-50H,42-43H2,1-16H3. The Balaban J connectivity index is 1.03. The second-order valence-corrected chi connectivity index (χ2v) is 33.5. The summed E-state index contributed by atoms with van der Waals surface area (Å²) in [6, 6.07) is 74.4. The summed E-state index contributed by atoms with van der Waals surface area (Å²) in [7, 11) is 0. The van der Waals surface area contributed by atoms with E-state index in [-0.39, 0.29) is 32.5 Å². The van der Waals surface area contributed by atoms with Gasteiger partial charge >= 0.3 is 6.85 Å². The van der Waals surface area contributed by atoms with Crippen molar-refractivity contribution >= 4 is 128 Å². The van der Waals surface area contributed by atoms with Crippen molar-refractivity contribution in [1.82, 2.24) is 0 Å². The maximum absolute atomic E-state index is 7.93. The molecule has 0 unspecified atom stereocenters. The molecule has 0 fully saturated rings. The molecule has 5 nitrogen and oxygen atoms in total. The van der Waals surface area contributed by atoms with Gasteiger partial charge in [-0.15, -0.1) is 11.3 Å². The predicted molar refractivity (Wildman–Crippen MR) is 400 cm³/mol. The van der Waals surface area contributed by atoms with E-state index in [0.717, 1.165) is 113 Å². The molecule has 10 aromatic carbocycles. The van der Waals surface area contributed by atoms with Gasteiger partial charge in [0.2, 0.25) is 0 Å². The zero-order chi connectivity index (χ0) is 64.8. The fourth-order valence-electron chi connectivity index (χ4n) is 15.5. The van der Waals surface area contributed by atoms with Crippen LogP contribution in [-0.4, -0.2) is 6.85 Å². The summed E-state index contributed by atoms with van der Waals surface area (Å²) < 4.78 is 17.8. The van der Waals surface area contributed by atoms with Crippen LogP contribution in [0, 0.1) is 0 Å². The third-order valence-electron chi connectivity index (χ3n) is 21.1. The van der Waals surface area contributed by atoms with Gasteiger partial charge in [-0.05, 0) is 193 Å². The summed E-state index contributed by atoms with van der Waals surface area (Å²) in [6.45, 7) is 37.0. The number of nitrogens with zero attached hydrogens (tertiary/aromatic N) is 3. The average molecular weight is 1230 g/mol. The number of para-hydroxylation sites is 1. The maximum Gasteiger partial charge on any atom is 0.376 e. The van der Waals surface area contributed by atoms with Crippen LogP contribution >= 0.6 is 11.3 Å². The minimum atomic E-state index is -0.410. The largest absolute Gasteiger partial charge is 0.466 e. The van der Waals surface area contributed by atoms with Gasteiger partial charge in [0.1, 0.15) is 22.4 Å². The zero-order valence-corrected chi connectivity index (χ0v) is 57.8. The van der Waals surface area contributed by atoms with Gasteiger partial charge in [-0.25, -0.2) is 0 Å². The molecular weight excluding hydrogens is 1150 g/mol. The van der Waals surface area contributed by atoms with E-state index in [2.05, 4.69) is 320 Å². The van der Waals surface area contributed by atoms with Crippen molar-refractivity contribution in [2.75, 3.05) is 14.6 Å². The molecular formula is C86H84BN3O2S. The van der Waals surface area contributed by atoms with Crippen molar-refractivity contribution in [3.05, 3.63) is 228 Å².